The van der Waals surface area contributed by atoms with Crippen LogP contribution < -0.4 is 10.1 Å². The number of hydrogen-bond donors (Lipinski definition) is 1. The lowest BCUT2D eigenvalue weighted by Gasteiger charge is -2.15. The Hall–Kier alpha value is -2.47. The Kier molecular flexibility index (Phi) is 5.83. The van der Waals surface area contributed by atoms with E-state index in [1.807, 2.05) is 42.5 Å². The molecule has 1 aliphatic heterocycles. The molecule has 136 valence electrons. The van der Waals surface area contributed by atoms with Gasteiger partial charge < -0.3 is 14.8 Å². The Morgan fingerprint density at radius 2 is 1.96 bits per heavy atom. The number of fused-ring (bicyclic) bond motifs is 1. The maximum Gasteiger partial charge on any atom is 0.318 e. The van der Waals surface area contributed by atoms with E-state index in [9.17, 15) is 9.59 Å². The monoisotopic (exact) mass is 371 g/mol. The van der Waals surface area contributed by atoms with Gasteiger partial charge in [0.25, 0.3) is 5.91 Å². The predicted octanol–water partition coefficient (Wildman–Crippen LogP) is 3.07. The molecule has 5 nitrogen and oxygen atoms in total. The standard InChI is InChI=1S/C20H21NO4S/c1-13(20(23)24-2)26-18-10-6-4-8-16(18)19(22)21-12-15-11-14-7-3-5-9-17(14)25-15/h3-10,13,15H,11-12H2,1-2H3,(H,21,22)/t13-,15-/m0/s1. The molecule has 0 aromatic heterocycles. The number of thioether (sulfide) groups is 1. The normalized spacial score (nSPS) is 16.3. The van der Waals surface area contributed by atoms with Crippen molar-refractivity contribution in [2.24, 2.45) is 0 Å². The maximum atomic E-state index is 12.6. The Labute approximate surface area is 157 Å². The summed E-state index contributed by atoms with van der Waals surface area (Å²) in [6, 6.07) is 15.2. The fraction of sp³-hybridized carbons (Fsp3) is 0.300. The van der Waals surface area contributed by atoms with Crippen LogP contribution in [0.3, 0.4) is 0 Å². The molecular weight excluding hydrogens is 350 g/mol. The highest BCUT2D eigenvalue weighted by Gasteiger charge is 2.24. The van der Waals surface area contributed by atoms with E-state index in [-0.39, 0.29) is 23.2 Å². The van der Waals surface area contributed by atoms with E-state index in [2.05, 4.69) is 5.32 Å². The van der Waals surface area contributed by atoms with Gasteiger partial charge in [0.1, 0.15) is 17.1 Å². The number of para-hydroxylation sites is 1. The zero-order chi connectivity index (χ0) is 18.5. The molecule has 1 aliphatic rings. The molecule has 0 saturated heterocycles. The van der Waals surface area contributed by atoms with Crippen LogP contribution in [0, 0.1) is 0 Å². The van der Waals surface area contributed by atoms with Crippen molar-refractivity contribution in [1.29, 1.82) is 0 Å². The van der Waals surface area contributed by atoms with E-state index in [1.54, 1.807) is 13.0 Å². The van der Waals surface area contributed by atoms with Crippen LogP contribution in [0.4, 0.5) is 0 Å². The second-order valence-electron chi connectivity index (χ2n) is 6.04. The van der Waals surface area contributed by atoms with E-state index in [1.165, 1.54) is 18.9 Å². The van der Waals surface area contributed by atoms with Crippen molar-refractivity contribution < 1.29 is 19.1 Å². The summed E-state index contributed by atoms with van der Waals surface area (Å²) in [5.74, 6) is 0.390. The van der Waals surface area contributed by atoms with Crippen molar-refractivity contribution in [1.82, 2.24) is 5.32 Å². The number of carbonyl (C=O) groups is 2. The minimum Gasteiger partial charge on any atom is -0.488 e. The molecule has 2 aromatic rings. The van der Waals surface area contributed by atoms with Gasteiger partial charge in [-0.05, 0) is 30.7 Å². The van der Waals surface area contributed by atoms with E-state index >= 15 is 0 Å². The number of esters is 1. The zero-order valence-corrected chi connectivity index (χ0v) is 15.5. The first kappa shape index (κ1) is 18.3. The first-order valence-electron chi connectivity index (χ1n) is 8.44. The summed E-state index contributed by atoms with van der Waals surface area (Å²) < 4.78 is 10.6. The van der Waals surface area contributed by atoms with E-state index in [0.717, 1.165) is 22.6 Å². The SMILES string of the molecule is COC(=O)[C@H](C)Sc1ccccc1C(=O)NC[C@@H]1Cc2ccccc2O1. The average Bonchev–Trinajstić information content (AvgIpc) is 3.08. The lowest BCUT2D eigenvalue weighted by molar-refractivity contribution is -0.139. The van der Waals surface area contributed by atoms with Crippen LogP contribution in [-0.4, -0.2) is 36.9 Å². The quantitative estimate of drug-likeness (QED) is 0.624. The molecule has 0 radical (unpaired) electrons. The Morgan fingerprint density at radius 3 is 2.73 bits per heavy atom. The summed E-state index contributed by atoms with van der Waals surface area (Å²) in [6.45, 7) is 2.19. The summed E-state index contributed by atoms with van der Waals surface area (Å²) in [7, 11) is 1.36. The Morgan fingerprint density at radius 1 is 1.23 bits per heavy atom. The molecule has 2 atom stereocenters. The number of ether oxygens (including phenoxy) is 2. The third-order valence-electron chi connectivity index (χ3n) is 4.17. The highest BCUT2D eigenvalue weighted by atomic mass is 32.2. The second kappa shape index (κ2) is 8.27. The number of carbonyl (C=O) groups excluding carboxylic acids is 2. The molecule has 0 fully saturated rings. The number of nitrogens with one attached hydrogen (secondary N) is 1. The molecule has 0 bridgehead atoms. The Bertz CT molecular complexity index is 783. The molecular formula is C20H21NO4S. The minimum atomic E-state index is -0.387. The van der Waals surface area contributed by atoms with Crippen LogP contribution in [0.25, 0.3) is 0 Å². The average molecular weight is 371 g/mol. The van der Waals surface area contributed by atoms with Crippen molar-refractivity contribution in [3.63, 3.8) is 0 Å². The zero-order valence-electron chi connectivity index (χ0n) is 14.7. The number of hydrogen-bond acceptors (Lipinski definition) is 5. The van der Waals surface area contributed by atoms with Gasteiger partial charge in [-0.1, -0.05) is 30.3 Å². The number of amides is 1. The van der Waals surface area contributed by atoms with Gasteiger partial charge in [-0.2, -0.15) is 0 Å². The van der Waals surface area contributed by atoms with Crippen molar-refractivity contribution in [3.8, 4) is 5.75 Å². The number of rotatable bonds is 6. The summed E-state index contributed by atoms with van der Waals surface area (Å²) in [5.41, 5.74) is 1.71. The molecule has 0 spiro atoms. The summed E-state index contributed by atoms with van der Waals surface area (Å²) in [4.78, 5) is 25.0. The topological polar surface area (TPSA) is 64.6 Å². The summed E-state index contributed by atoms with van der Waals surface area (Å²) in [6.07, 6.45) is 0.719. The van der Waals surface area contributed by atoms with E-state index in [0.29, 0.717) is 12.1 Å². The summed E-state index contributed by atoms with van der Waals surface area (Å²) in [5, 5.41) is 2.55. The predicted molar refractivity (Wildman–Crippen MR) is 101 cm³/mol. The van der Waals surface area contributed by atoms with Crippen LogP contribution in [-0.2, 0) is 16.0 Å². The van der Waals surface area contributed by atoms with Gasteiger partial charge in [0.15, 0.2) is 0 Å². The first-order chi connectivity index (χ1) is 12.6. The molecule has 3 rings (SSSR count). The van der Waals surface area contributed by atoms with Gasteiger partial charge in [0.05, 0.1) is 19.2 Å². The highest BCUT2D eigenvalue weighted by molar-refractivity contribution is 8.00. The maximum absolute atomic E-state index is 12.6. The van der Waals surface area contributed by atoms with Crippen molar-refractivity contribution in [2.75, 3.05) is 13.7 Å². The molecule has 26 heavy (non-hydrogen) atoms. The van der Waals surface area contributed by atoms with Gasteiger partial charge in [-0.25, -0.2) is 0 Å². The first-order valence-corrected chi connectivity index (χ1v) is 9.32. The van der Waals surface area contributed by atoms with Gasteiger partial charge in [0.2, 0.25) is 0 Å². The highest BCUT2D eigenvalue weighted by Crippen LogP contribution is 2.29. The minimum absolute atomic E-state index is 0.0647. The van der Waals surface area contributed by atoms with Crippen LogP contribution in [0.5, 0.6) is 5.75 Å². The largest absolute Gasteiger partial charge is 0.488 e. The molecule has 1 N–H and O–H groups in total. The fourth-order valence-corrected chi connectivity index (χ4v) is 3.85. The van der Waals surface area contributed by atoms with Gasteiger partial charge in [-0.3, -0.25) is 9.59 Å². The van der Waals surface area contributed by atoms with Crippen LogP contribution >= 0.6 is 11.8 Å². The second-order valence-corrected chi connectivity index (χ2v) is 7.42. The van der Waals surface area contributed by atoms with E-state index in [4.69, 9.17) is 9.47 Å². The third-order valence-corrected chi connectivity index (χ3v) is 5.33. The molecule has 0 unspecified atom stereocenters. The van der Waals surface area contributed by atoms with Crippen molar-refractivity contribution in [2.45, 2.75) is 29.6 Å². The van der Waals surface area contributed by atoms with Crippen LogP contribution in [0.1, 0.15) is 22.8 Å². The van der Waals surface area contributed by atoms with Gasteiger partial charge >= 0.3 is 5.97 Å². The van der Waals surface area contributed by atoms with Crippen molar-refractivity contribution >= 4 is 23.6 Å². The molecule has 6 heteroatoms. The molecule has 2 aromatic carbocycles. The lowest BCUT2D eigenvalue weighted by atomic mass is 10.1. The van der Waals surface area contributed by atoms with Gasteiger partial charge in [-0.15, -0.1) is 11.8 Å². The van der Waals surface area contributed by atoms with Crippen LogP contribution in [0.2, 0.25) is 0 Å². The fourth-order valence-electron chi connectivity index (χ4n) is 2.83. The molecule has 1 amide bonds. The van der Waals surface area contributed by atoms with E-state index < -0.39 is 0 Å². The van der Waals surface area contributed by atoms with Crippen LogP contribution in [0.15, 0.2) is 53.4 Å². The van der Waals surface area contributed by atoms with Gasteiger partial charge in [0, 0.05) is 11.3 Å². The third kappa shape index (κ3) is 4.19. The summed E-state index contributed by atoms with van der Waals surface area (Å²) >= 11 is 1.31. The molecule has 1 heterocycles. The van der Waals surface area contributed by atoms with Crippen molar-refractivity contribution in [3.05, 3.63) is 59.7 Å². The molecule has 0 aliphatic carbocycles. The lowest BCUT2D eigenvalue weighted by Crippen LogP contribution is -2.34. The molecule has 0 saturated carbocycles. The number of methoxy groups -OCH3 is 1. The number of benzene rings is 2. The Balaban J connectivity index is 1.61. The smallest absolute Gasteiger partial charge is 0.318 e.